The van der Waals surface area contributed by atoms with Crippen molar-refractivity contribution in [1.82, 2.24) is 5.32 Å². The Balaban J connectivity index is 2.02. The Hall–Kier alpha value is -1.59. The third kappa shape index (κ3) is 7.11. The van der Waals surface area contributed by atoms with Crippen LogP contribution in [0.3, 0.4) is 0 Å². The van der Waals surface area contributed by atoms with Gasteiger partial charge in [-0.25, -0.2) is 4.79 Å². The second kappa shape index (κ2) is 10.2. The van der Waals surface area contributed by atoms with Crippen LogP contribution >= 0.6 is 0 Å². The lowest BCUT2D eigenvalue weighted by Crippen LogP contribution is -2.23. The molecule has 20 heavy (non-hydrogen) atoms. The van der Waals surface area contributed by atoms with Crippen LogP contribution in [0.5, 0.6) is 5.75 Å². The van der Waals surface area contributed by atoms with Gasteiger partial charge in [0.2, 0.25) is 0 Å². The first-order valence-corrected chi connectivity index (χ1v) is 6.98. The third-order valence-corrected chi connectivity index (χ3v) is 2.64. The van der Waals surface area contributed by atoms with Crippen molar-refractivity contribution in [2.75, 3.05) is 32.9 Å². The smallest absolute Gasteiger partial charge is 0.335 e. The second-order valence-electron chi connectivity index (χ2n) is 4.39. The maximum absolute atomic E-state index is 10.7. The quantitative estimate of drug-likeness (QED) is 0.608. The monoisotopic (exact) mass is 281 g/mol. The summed E-state index contributed by atoms with van der Waals surface area (Å²) < 4.78 is 10.9. The average Bonchev–Trinajstić information content (AvgIpc) is 2.46. The number of benzene rings is 1. The number of carboxylic acids is 1. The minimum atomic E-state index is -0.927. The molecule has 1 aromatic rings. The zero-order valence-electron chi connectivity index (χ0n) is 11.9. The lowest BCUT2D eigenvalue weighted by Gasteiger charge is -2.08. The van der Waals surface area contributed by atoms with Gasteiger partial charge in [-0.3, -0.25) is 0 Å². The Morgan fingerprint density at radius 1 is 1.15 bits per heavy atom. The van der Waals surface area contributed by atoms with Crippen LogP contribution in [-0.2, 0) is 4.74 Å². The summed E-state index contributed by atoms with van der Waals surface area (Å²) in [5.74, 6) is -0.244. The van der Waals surface area contributed by atoms with E-state index in [-0.39, 0.29) is 5.56 Å². The number of hydrogen-bond donors (Lipinski definition) is 2. The molecule has 0 bridgehead atoms. The molecule has 0 aromatic heterocycles. The lowest BCUT2D eigenvalue weighted by molar-refractivity contribution is 0.0697. The fourth-order valence-electron chi connectivity index (χ4n) is 1.61. The number of carboxylic acid groups (broad SMARTS) is 1. The molecule has 5 heteroatoms. The van der Waals surface area contributed by atoms with Gasteiger partial charge in [-0.2, -0.15) is 0 Å². The molecule has 0 aliphatic rings. The van der Waals surface area contributed by atoms with Crippen molar-refractivity contribution in [2.45, 2.75) is 19.8 Å². The maximum atomic E-state index is 10.7. The molecule has 2 N–H and O–H groups in total. The fourth-order valence-corrected chi connectivity index (χ4v) is 1.61. The summed E-state index contributed by atoms with van der Waals surface area (Å²) in [4.78, 5) is 10.7. The van der Waals surface area contributed by atoms with E-state index in [2.05, 4.69) is 12.2 Å². The molecule has 0 atom stereocenters. The Labute approximate surface area is 119 Å². The minimum Gasteiger partial charge on any atom is -0.492 e. The Bertz CT molecular complexity index is 378. The van der Waals surface area contributed by atoms with E-state index in [1.807, 2.05) is 0 Å². The van der Waals surface area contributed by atoms with Crippen LogP contribution in [0.25, 0.3) is 0 Å². The second-order valence-corrected chi connectivity index (χ2v) is 4.39. The van der Waals surface area contributed by atoms with Gasteiger partial charge in [-0.05, 0) is 43.7 Å². The van der Waals surface area contributed by atoms with Gasteiger partial charge in [0, 0.05) is 19.8 Å². The van der Waals surface area contributed by atoms with E-state index in [1.165, 1.54) is 12.1 Å². The number of rotatable bonds is 11. The van der Waals surface area contributed by atoms with Gasteiger partial charge in [-0.1, -0.05) is 6.92 Å². The van der Waals surface area contributed by atoms with Crippen molar-refractivity contribution >= 4 is 5.97 Å². The van der Waals surface area contributed by atoms with E-state index < -0.39 is 5.97 Å². The van der Waals surface area contributed by atoms with E-state index in [4.69, 9.17) is 14.6 Å². The molecule has 112 valence electrons. The zero-order chi connectivity index (χ0) is 14.6. The molecule has 0 unspecified atom stereocenters. The molecule has 0 saturated carbocycles. The highest BCUT2D eigenvalue weighted by Crippen LogP contribution is 2.11. The fraction of sp³-hybridized carbons (Fsp3) is 0.533. The number of ether oxygens (including phenoxy) is 2. The maximum Gasteiger partial charge on any atom is 0.335 e. The van der Waals surface area contributed by atoms with Crippen LogP contribution in [-0.4, -0.2) is 44.0 Å². The number of hydrogen-bond acceptors (Lipinski definition) is 4. The average molecular weight is 281 g/mol. The van der Waals surface area contributed by atoms with Crippen LogP contribution in [0.4, 0.5) is 0 Å². The van der Waals surface area contributed by atoms with Crippen molar-refractivity contribution in [3.05, 3.63) is 29.8 Å². The molecule has 1 rings (SSSR count). The van der Waals surface area contributed by atoms with Crippen LogP contribution < -0.4 is 10.1 Å². The normalized spacial score (nSPS) is 10.4. The van der Waals surface area contributed by atoms with E-state index in [0.29, 0.717) is 12.4 Å². The summed E-state index contributed by atoms with van der Waals surface area (Å²) in [6, 6.07) is 6.41. The minimum absolute atomic E-state index is 0.266. The summed E-state index contributed by atoms with van der Waals surface area (Å²) in [6.07, 6.45) is 2.05. The molecule has 1 aromatic carbocycles. The molecule has 0 heterocycles. The van der Waals surface area contributed by atoms with Crippen LogP contribution in [0.15, 0.2) is 24.3 Å². The predicted octanol–water partition coefficient (Wildman–Crippen LogP) is 2.17. The zero-order valence-corrected chi connectivity index (χ0v) is 11.9. The van der Waals surface area contributed by atoms with Crippen LogP contribution in [0, 0.1) is 0 Å². The number of nitrogens with one attached hydrogen (secondary N) is 1. The number of aromatic carboxylic acids is 1. The third-order valence-electron chi connectivity index (χ3n) is 2.64. The lowest BCUT2D eigenvalue weighted by atomic mass is 10.2. The summed E-state index contributed by atoms with van der Waals surface area (Å²) in [5.41, 5.74) is 0.266. The Morgan fingerprint density at radius 2 is 1.90 bits per heavy atom. The van der Waals surface area contributed by atoms with E-state index in [9.17, 15) is 4.79 Å². The van der Waals surface area contributed by atoms with Gasteiger partial charge < -0.3 is 19.9 Å². The van der Waals surface area contributed by atoms with Crippen molar-refractivity contribution in [2.24, 2.45) is 0 Å². The molecule has 0 saturated heterocycles. The summed E-state index contributed by atoms with van der Waals surface area (Å²) in [5, 5.41) is 12.0. The Kier molecular flexibility index (Phi) is 8.42. The molecule has 0 radical (unpaired) electrons. The van der Waals surface area contributed by atoms with Gasteiger partial charge in [-0.15, -0.1) is 0 Å². The molecule has 0 aliphatic carbocycles. The molecule has 0 fully saturated rings. The topological polar surface area (TPSA) is 67.8 Å². The molecule has 0 spiro atoms. The highest BCUT2D eigenvalue weighted by molar-refractivity contribution is 5.87. The summed E-state index contributed by atoms with van der Waals surface area (Å²) >= 11 is 0. The first kappa shape index (κ1) is 16.5. The van der Waals surface area contributed by atoms with Gasteiger partial charge in [0.1, 0.15) is 12.4 Å². The van der Waals surface area contributed by atoms with E-state index in [1.54, 1.807) is 12.1 Å². The standard InChI is InChI=1S/C15H23NO4/c1-2-10-19-11-3-8-16-9-12-20-14-6-4-13(5-7-14)15(17)18/h4-7,16H,2-3,8-12H2,1H3,(H,17,18). The van der Waals surface area contributed by atoms with Crippen molar-refractivity contribution in [3.8, 4) is 5.75 Å². The van der Waals surface area contributed by atoms with Gasteiger partial charge in [0.25, 0.3) is 0 Å². The largest absolute Gasteiger partial charge is 0.492 e. The number of carbonyl (C=O) groups is 1. The first-order chi connectivity index (χ1) is 9.74. The van der Waals surface area contributed by atoms with Gasteiger partial charge in [0.05, 0.1) is 5.56 Å². The molecule has 0 aliphatic heterocycles. The van der Waals surface area contributed by atoms with Crippen molar-refractivity contribution in [3.63, 3.8) is 0 Å². The van der Waals surface area contributed by atoms with Crippen LogP contribution in [0.1, 0.15) is 30.1 Å². The Morgan fingerprint density at radius 3 is 2.55 bits per heavy atom. The molecule has 5 nitrogen and oxygen atoms in total. The molecular formula is C15H23NO4. The highest BCUT2D eigenvalue weighted by atomic mass is 16.5. The molecule has 0 amide bonds. The van der Waals surface area contributed by atoms with Gasteiger partial charge in [0.15, 0.2) is 0 Å². The van der Waals surface area contributed by atoms with Gasteiger partial charge >= 0.3 is 5.97 Å². The van der Waals surface area contributed by atoms with Crippen molar-refractivity contribution < 1.29 is 19.4 Å². The van der Waals surface area contributed by atoms with E-state index in [0.717, 1.165) is 39.1 Å². The predicted molar refractivity (Wildman–Crippen MR) is 77.5 cm³/mol. The summed E-state index contributed by atoms with van der Waals surface area (Å²) in [7, 11) is 0. The SMILES string of the molecule is CCCOCCCNCCOc1ccc(C(=O)O)cc1. The van der Waals surface area contributed by atoms with Crippen molar-refractivity contribution in [1.29, 1.82) is 0 Å². The van der Waals surface area contributed by atoms with Crippen LogP contribution in [0.2, 0.25) is 0 Å². The molecular weight excluding hydrogens is 258 g/mol. The first-order valence-electron chi connectivity index (χ1n) is 6.98. The van der Waals surface area contributed by atoms with E-state index >= 15 is 0 Å². The highest BCUT2D eigenvalue weighted by Gasteiger charge is 2.01. The summed E-state index contributed by atoms with van der Waals surface area (Å²) in [6.45, 7) is 5.94.